The van der Waals surface area contributed by atoms with Crippen molar-refractivity contribution in [3.63, 3.8) is 0 Å². The SMILES string of the molecule is O=C(OC[C@]12O[C@H]1[C@@H](O)[C@@H]1C=CO[C@@H](O[C@@H]3O[C@H](CO)[C@@H](O)[C@H](O)[C@H]3O)[C@@H]12)c1ccccc1. The molecule has 11 nitrogen and oxygen atoms in total. The number of epoxide rings is 1. The van der Waals surface area contributed by atoms with E-state index in [1.165, 1.54) is 6.26 Å². The molecule has 3 heterocycles. The van der Waals surface area contributed by atoms with Crippen molar-refractivity contribution >= 4 is 5.97 Å². The van der Waals surface area contributed by atoms with Crippen molar-refractivity contribution in [2.75, 3.05) is 13.2 Å². The molecule has 0 spiro atoms. The fourth-order valence-electron chi connectivity index (χ4n) is 4.99. The Morgan fingerprint density at radius 3 is 2.48 bits per heavy atom. The second-order valence-electron chi connectivity index (χ2n) is 8.70. The van der Waals surface area contributed by atoms with Crippen molar-refractivity contribution in [3.05, 3.63) is 48.2 Å². The predicted octanol–water partition coefficient (Wildman–Crippen LogP) is -1.73. The molecule has 33 heavy (non-hydrogen) atoms. The van der Waals surface area contributed by atoms with E-state index >= 15 is 0 Å². The first kappa shape index (κ1) is 22.7. The van der Waals surface area contributed by atoms with E-state index in [1.54, 1.807) is 36.4 Å². The summed E-state index contributed by atoms with van der Waals surface area (Å²) >= 11 is 0. The third-order valence-corrected chi connectivity index (χ3v) is 6.82. The minimum Gasteiger partial charge on any atom is -0.472 e. The minimum atomic E-state index is -1.62. The number of carbonyl (C=O) groups excluding carboxylic acids is 1. The number of hydrogen-bond donors (Lipinski definition) is 5. The quantitative estimate of drug-likeness (QED) is 0.239. The number of benzene rings is 1. The molecule has 11 heteroatoms. The van der Waals surface area contributed by atoms with Crippen molar-refractivity contribution in [3.8, 4) is 0 Å². The molecule has 0 radical (unpaired) electrons. The summed E-state index contributed by atoms with van der Waals surface area (Å²) in [5.41, 5.74) is -0.701. The summed E-state index contributed by atoms with van der Waals surface area (Å²) in [5.74, 6) is -1.61. The topological polar surface area (TPSA) is 168 Å². The molecule has 5 N–H and O–H groups in total. The van der Waals surface area contributed by atoms with Crippen LogP contribution in [0.3, 0.4) is 0 Å². The van der Waals surface area contributed by atoms with Crippen LogP contribution < -0.4 is 0 Å². The van der Waals surface area contributed by atoms with Gasteiger partial charge in [-0.2, -0.15) is 0 Å². The molecule has 3 aliphatic heterocycles. The van der Waals surface area contributed by atoms with E-state index in [4.69, 9.17) is 23.7 Å². The highest BCUT2D eigenvalue weighted by Gasteiger charge is 2.76. The second kappa shape index (κ2) is 8.60. The van der Waals surface area contributed by atoms with E-state index in [0.717, 1.165) is 0 Å². The molecule has 1 aromatic carbocycles. The third kappa shape index (κ3) is 3.74. The standard InChI is InChI=1S/C22H26O11/c23-8-12-15(25)16(26)17(27)21(31-12)32-20-13-11(6-7-29-20)14(24)18-22(13,33-18)9-30-19(28)10-4-2-1-3-5-10/h1-7,11-18,20-21,23-27H,8-9H2/t11-,12-,13-,14+,15-,16+,17-,18+,20+,21+,22-/m1/s1. The lowest BCUT2D eigenvalue weighted by Gasteiger charge is -2.43. The van der Waals surface area contributed by atoms with Gasteiger partial charge in [-0.25, -0.2) is 4.79 Å². The van der Waals surface area contributed by atoms with Gasteiger partial charge in [0, 0.05) is 5.92 Å². The van der Waals surface area contributed by atoms with Crippen molar-refractivity contribution in [1.29, 1.82) is 0 Å². The Bertz CT molecular complexity index is 892. The molecule has 1 aliphatic carbocycles. The molecule has 5 rings (SSSR count). The maximum absolute atomic E-state index is 12.4. The molecule has 1 aromatic rings. The molecule has 0 bridgehead atoms. The summed E-state index contributed by atoms with van der Waals surface area (Å²) in [6.45, 7) is -0.763. The highest BCUT2D eigenvalue weighted by Crippen LogP contribution is 2.60. The number of aliphatic hydroxyl groups is 5. The smallest absolute Gasteiger partial charge is 0.338 e. The monoisotopic (exact) mass is 466 g/mol. The number of hydrogen-bond acceptors (Lipinski definition) is 11. The van der Waals surface area contributed by atoms with Crippen LogP contribution in [-0.4, -0.2) is 99.5 Å². The lowest BCUT2D eigenvalue weighted by atomic mass is 9.85. The highest BCUT2D eigenvalue weighted by molar-refractivity contribution is 5.89. The van der Waals surface area contributed by atoms with Gasteiger partial charge in [0.05, 0.1) is 30.5 Å². The van der Waals surface area contributed by atoms with Gasteiger partial charge in [-0.1, -0.05) is 18.2 Å². The van der Waals surface area contributed by atoms with Gasteiger partial charge in [0.25, 0.3) is 0 Å². The van der Waals surface area contributed by atoms with E-state index in [9.17, 15) is 30.3 Å². The summed E-state index contributed by atoms with van der Waals surface area (Å²) in [5, 5.41) is 50.4. The summed E-state index contributed by atoms with van der Waals surface area (Å²) in [6, 6.07) is 8.44. The number of aliphatic hydroxyl groups excluding tert-OH is 5. The molecule has 4 aliphatic rings. The molecular weight excluding hydrogens is 440 g/mol. The molecular formula is C22H26O11. The van der Waals surface area contributed by atoms with Crippen LogP contribution in [0.1, 0.15) is 10.4 Å². The van der Waals surface area contributed by atoms with Crippen LogP contribution in [0.5, 0.6) is 0 Å². The molecule has 0 aromatic heterocycles. The number of carbonyl (C=O) groups is 1. The lowest BCUT2D eigenvalue weighted by molar-refractivity contribution is -0.344. The van der Waals surface area contributed by atoms with Crippen molar-refractivity contribution in [1.82, 2.24) is 0 Å². The Morgan fingerprint density at radius 1 is 1.00 bits per heavy atom. The lowest BCUT2D eigenvalue weighted by Crippen LogP contribution is -2.60. The Morgan fingerprint density at radius 2 is 1.76 bits per heavy atom. The highest BCUT2D eigenvalue weighted by atomic mass is 16.8. The van der Waals surface area contributed by atoms with Gasteiger partial charge in [0.2, 0.25) is 6.29 Å². The fraction of sp³-hybridized carbons (Fsp3) is 0.591. The molecule has 11 atom stereocenters. The normalized spacial score (nSPS) is 45.6. The molecule has 2 saturated heterocycles. The van der Waals surface area contributed by atoms with Gasteiger partial charge >= 0.3 is 5.97 Å². The minimum absolute atomic E-state index is 0.157. The number of rotatable bonds is 6. The second-order valence-corrected chi connectivity index (χ2v) is 8.70. The number of esters is 1. The Balaban J connectivity index is 1.32. The maximum atomic E-state index is 12.4. The Kier molecular flexibility index (Phi) is 5.91. The van der Waals surface area contributed by atoms with Crippen LogP contribution in [0.25, 0.3) is 0 Å². The zero-order chi connectivity index (χ0) is 23.3. The first-order valence-electron chi connectivity index (χ1n) is 10.7. The van der Waals surface area contributed by atoms with E-state index < -0.39 is 79.2 Å². The summed E-state index contributed by atoms with van der Waals surface area (Å²) in [4.78, 5) is 12.4. The van der Waals surface area contributed by atoms with E-state index in [1.807, 2.05) is 0 Å². The molecule has 0 unspecified atom stereocenters. The molecule has 1 saturated carbocycles. The largest absolute Gasteiger partial charge is 0.472 e. The van der Waals surface area contributed by atoms with Gasteiger partial charge in [-0.3, -0.25) is 0 Å². The van der Waals surface area contributed by atoms with Crippen LogP contribution in [0.15, 0.2) is 42.7 Å². The van der Waals surface area contributed by atoms with Crippen molar-refractivity contribution < 1.29 is 54.0 Å². The van der Waals surface area contributed by atoms with Gasteiger partial charge < -0.3 is 49.2 Å². The van der Waals surface area contributed by atoms with Gasteiger partial charge in [-0.05, 0) is 18.2 Å². The van der Waals surface area contributed by atoms with Crippen LogP contribution in [0.2, 0.25) is 0 Å². The maximum Gasteiger partial charge on any atom is 0.338 e. The Hall–Kier alpha value is -2.09. The molecule has 3 fully saturated rings. The predicted molar refractivity (Wildman–Crippen MR) is 106 cm³/mol. The zero-order valence-electron chi connectivity index (χ0n) is 17.4. The molecule has 180 valence electrons. The van der Waals surface area contributed by atoms with E-state index in [-0.39, 0.29) is 6.61 Å². The fourth-order valence-corrected chi connectivity index (χ4v) is 4.99. The van der Waals surface area contributed by atoms with Crippen LogP contribution >= 0.6 is 0 Å². The van der Waals surface area contributed by atoms with Gasteiger partial charge in [0.1, 0.15) is 42.7 Å². The summed E-state index contributed by atoms with van der Waals surface area (Å²) in [7, 11) is 0. The summed E-state index contributed by atoms with van der Waals surface area (Å²) < 4.78 is 28.1. The van der Waals surface area contributed by atoms with Gasteiger partial charge in [-0.15, -0.1) is 0 Å². The number of fused-ring (bicyclic) bond motifs is 3. The van der Waals surface area contributed by atoms with Crippen molar-refractivity contribution in [2.45, 2.75) is 54.8 Å². The van der Waals surface area contributed by atoms with Crippen LogP contribution in [-0.2, 0) is 23.7 Å². The number of ether oxygens (including phenoxy) is 5. The summed E-state index contributed by atoms with van der Waals surface area (Å²) in [6.07, 6.45) is -6.93. The zero-order valence-corrected chi connectivity index (χ0v) is 17.4. The third-order valence-electron chi connectivity index (χ3n) is 6.82. The molecule has 0 amide bonds. The van der Waals surface area contributed by atoms with Gasteiger partial charge in [0.15, 0.2) is 6.29 Å². The first-order chi connectivity index (χ1) is 15.9. The van der Waals surface area contributed by atoms with Crippen molar-refractivity contribution in [2.24, 2.45) is 11.8 Å². The van der Waals surface area contributed by atoms with Crippen LogP contribution in [0, 0.1) is 11.8 Å². The average molecular weight is 466 g/mol. The van der Waals surface area contributed by atoms with E-state index in [2.05, 4.69) is 0 Å². The van der Waals surface area contributed by atoms with Crippen LogP contribution in [0.4, 0.5) is 0 Å². The first-order valence-corrected chi connectivity index (χ1v) is 10.7. The average Bonchev–Trinajstić information content (AvgIpc) is 3.52. The Labute approximate surface area is 188 Å². The van der Waals surface area contributed by atoms with E-state index in [0.29, 0.717) is 5.56 Å².